The van der Waals surface area contributed by atoms with Crippen LogP contribution in [0.5, 0.6) is 5.75 Å². The average Bonchev–Trinajstić information content (AvgIpc) is 2.69. The Kier molecular flexibility index (Phi) is 2.45. The highest BCUT2D eigenvalue weighted by atomic mass is 16.3. The van der Waals surface area contributed by atoms with Gasteiger partial charge in [-0.3, -0.25) is 4.79 Å². The Hall–Kier alpha value is -2.07. The molecule has 1 aliphatic rings. The predicted molar refractivity (Wildman–Crippen MR) is 70.6 cm³/mol. The number of rotatable bonds is 1. The topological polar surface area (TPSA) is 66.6 Å². The average molecular weight is 242 g/mol. The van der Waals surface area contributed by atoms with Crippen LogP contribution in [0.15, 0.2) is 36.4 Å². The van der Waals surface area contributed by atoms with Crippen molar-refractivity contribution in [3.63, 3.8) is 0 Å². The number of amides is 1. The maximum Gasteiger partial charge on any atom is 0.243 e. The zero-order valence-corrected chi connectivity index (χ0v) is 9.84. The largest absolute Gasteiger partial charge is 0.508 e. The summed E-state index contributed by atoms with van der Waals surface area (Å²) in [5, 5.41) is 11.5. The normalized spacial score (nSPS) is 19.7. The van der Waals surface area contributed by atoms with E-state index in [1.807, 2.05) is 24.3 Å². The van der Waals surface area contributed by atoms with E-state index in [1.165, 1.54) is 0 Å². The van der Waals surface area contributed by atoms with Gasteiger partial charge >= 0.3 is 0 Å². The van der Waals surface area contributed by atoms with Crippen LogP contribution in [0.25, 0.3) is 10.8 Å². The highest BCUT2D eigenvalue weighted by Gasteiger charge is 2.30. The molecule has 18 heavy (non-hydrogen) atoms. The van der Waals surface area contributed by atoms with Gasteiger partial charge in [0.25, 0.3) is 0 Å². The summed E-state index contributed by atoms with van der Waals surface area (Å²) >= 11 is 0. The molecule has 2 aromatic carbocycles. The number of nitrogens with two attached hydrogens (primary N) is 1. The van der Waals surface area contributed by atoms with Gasteiger partial charge < -0.3 is 15.7 Å². The highest BCUT2D eigenvalue weighted by Crippen LogP contribution is 2.31. The Morgan fingerprint density at radius 1 is 1.28 bits per heavy atom. The second kappa shape index (κ2) is 3.99. The number of hydrogen-bond acceptors (Lipinski definition) is 3. The van der Waals surface area contributed by atoms with E-state index in [4.69, 9.17) is 5.73 Å². The summed E-state index contributed by atoms with van der Waals surface area (Å²) in [7, 11) is 0. The van der Waals surface area contributed by atoms with Gasteiger partial charge in [0.05, 0.1) is 11.7 Å². The molecule has 0 bridgehead atoms. The minimum absolute atomic E-state index is 0.0501. The quantitative estimate of drug-likeness (QED) is 0.798. The lowest BCUT2D eigenvalue weighted by molar-refractivity contribution is -0.118. The van der Waals surface area contributed by atoms with E-state index in [0.717, 1.165) is 16.5 Å². The smallest absolute Gasteiger partial charge is 0.243 e. The van der Waals surface area contributed by atoms with Gasteiger partial charge in [-0.05, 0) is 30.0 Å². The molecule has 1 amide bonds. The van der Waals surface area contributed by atoms with Crippen LogP contribution in [0.4, 0.5) is 5.69 Å². The van der Waals surface area contributed by atoms with Crippen molar-refractivity contribution in [3.8, 4) is 5.75 Å². The van der Waals surface area contributed by atoms with Crippen molar-refractivity contribution in [2.45, 2.75) is 12.5 Å². The first-order valence-electron chi connectivity index (χ1n) is 5.95. The maximum atomic E-state index is 12.0. The van der Waals surface area contributed by atoms with Crippen molar-refractivity contribution in [3.05, 3.63) is 36.4 Å². The molecule has 0 saturated carbocycles. The zero-order valence-electron chi connectivity index (χ0n) is 9.84. The highest BCUT2D eigenvalue weighted by molar-refractivity contribution is 6.07. The Labute approximate surface area is 105 Å². The molecule has 3 N–H and O–H groups in total. The monoisotopic (exact) mass is 242 g/mol. The van der Waals surface area contributed by atoms with Crippen molar-refractivity contribution in [2.24, 2.45) is 5.73 Å². The molecule has 4 nitrogen and oxygen atoms in total. The SMILES string of the molecule is N[C@H]1CCN(c2cccc3ccc(O)cc23)C1=O. The fraction of sp³-hybridized carbons (Fsp3) is 0.214. The van der Waals surface area contributed by atoms with Gasteiger partial charge in [0.15, 0.2) is 0 Å². The van der Waals surface area contributed by atoms with Crippen LogP contribution in [0.3, 0.4) is 0 Å². The number of fused-ring (bicyclic) bond motifs is 1. The Balaban J connectivity index is 2.17. The summed E-state index contributed by atoms with van der Waals surface area (Å²) in [6, 6.07) is 10.5. The summed E-state index contributed by atoms with van der Waals surface area (Å²) in [4.78, 5) is 13.7. The molecule has 1 atom stereocenters. The number of aromatic hydroxyl groups is 1. The molecule has 0 aromatic heterocycles. The van der Waals surface area contributed by atoms with Crippen molar-refractivity contribution in [1.29, 1.82) is 0 Å². The van der Waals surface area contributed by atoms with Crippen LogP contribution in [-0.2, 0) is 4.79 Å². The van der Waals surface area contributed by atoms with E-state index in [2.05, 4.69) is 0 Å². The molecule has 0 aliphatic carbocycles. The minimum Gasteiger partial charge on any atom is -0.508 e. The zero-order chi connectivity index (χ0) is 12.7. The molecule has 3 rings (SSSR count). The maximum absolute atomic E-state index is 12.0. The third kappa shape index (κ3) is 1.62. The lowest BCUT2D eigenvalue weighted by Crippen LogP contribution is -2.34. The first-order valence-corrected chi connectivity index (χ1v) is 5.95. The summed E-state index contributed by atoms with van der Waals surface area (Å²) in [6.07, 6.45) is 0.675. The van der Waals surface area contributed by atoms with Gasteiger partial charge in [-0.1, -0.05) is 18.2 Å². The number of hydrogen-bond donors (Lipinski definition) is 2. The fourth-order valence-corrected chi connectivity index (χ4v) is 2.42. The van der Waals surface area contributed by atoms with Crippen LogP contribution < -0.4 is 10.6 Å². The standard InChI is InChI=1S/C14H14N2O2/c15-12-6-7-16(14(12)18)13-3-1-2-9-4-5-10(17)8-11(9)13/h1-5,8,12,17H,6-7,15H2/t12-/m0/s1. The van der Waals surface area contributed by atoms with E-state index in [-0.39, 0.29) is 11.7 Å². The second-order valence-corrected chi connectivity index (χ2v) is 4.57. The van der Waals surface area contributed by atoms with E-state index in [0.29, 0.717) is 13.0 Å². The molecule has 0 spiro atoms. The van der Waals surface area contributed by atoms with E-state index >= 15 is 0 Å². The molecule has 1 saturated heterocycles. The summed E-state index contributed by atoms with van der Waals surface area (Å²) in [5.41, 5.74) is 6.56. The van der Waals surface area contributed by atoms with Gasteiger partial charge in [-0.2, -0.15) is 0 Å². The summed E-state index contributed by atoms with van der Waals surface area (Å²) in [5.74, 6) is 0.150. The minimum atomic E-state index is -0.405. The Morgan fingerprint density at radius 3 is 2.83 bits per heavy atom. The second-order valence-electron chi connectivity index (χ2n) is 4.57. The Morgan fingerprint density at radius 2 is 2.11 bits per heavy atom. The molecule has 0 unspecified atom stereocenters. The molecule has 1 heterocycles. The van der Waals surface area contributed by atoms with Crippen molar-refractivity contribution < 1.29 is 9.90 Å². The molecule has 4 heteroatoms. The molecule has 92 valence electrons. The van der Waals surface area contributed by atoms with Gasteiger partial charge in [0, 0.05) is 11.9 Å². The number of benzene rings is 2. The molecule has 2 aromatic rings. The van der Waals surface area contributed by atoms with Gasteiger partial charge in [-0.25, -0.2) is 0 Å². The lowest BCUT2D eigenvalue weighted by Gasteiger charge is -2.18. The van der Waals surface area contributed by atoms with Crippen LogP contribution in [0.2, 0.25) is 0 Å². The van der Waals surface area contributed by atoms with Gasteiger partial charge in [0.1, 0.15) is 5.75 Å². The molecular weight excluding hydrogens is 228 g/mol. The summed E-state index contributed by atoms with van der Waals surface area (Å²) < 4.78 is 0. The number of carbonyl (C=O) groups is 1. The number of anilines is 1. The molecule has 1 fully saturated rings. The van der Waals surface area contributed by atoms with E-state index < -0.39 is 6.04 Å². The molecule has 1 aliphatic heterocycles. The van der Waals surface area contributed by atoms with Crippen LogP contribution >= 0.6 is 0 Å². The van der Waals surface area contributed by atoms with Crippen LogP contribution in [-0.4, -0.2) is 23.6 Å². The Bertz CT molecular complexity index is 624. The van der Waals surface area contributed by atoms with Crippen LogP contribution in [0.1, 0.15) is 6.42 Å². The van der Waals surface area contributed by atoms with Crippen LogP contribution in [0, 0.1) is 0 Å². The van der Waals surface area contributed by atoms with Crippen molar-refractivity contribution in [2.75, 3.05) is 11.4 Å². The third-order valence-corrected chi connectivity index (χ3v) is 3.38. The summed E-state index contributed by atoms with van der Waals surface area (Å²) in [6.45, 7) is 0.634. The fourth-order valence-electron chi connectivity index (χ4n) is 2.42. The van der Waals surface area contributed by atoms with Gasteiger partial charge in [0.2, 0.25) is 5.91 Å². The lowest BCUT2D eigenvalue weighted by atomic mass is 10.1. The first kappa shape index (κ1) is 11.0. The van der Waals surface area contributed by atoms with E-state index in [1.54, 1.807) is 17.0 Å². The number of phenolic OH excluding ortho intramolecular Hbond substituents is 1. The van der Waals surface area contributed by atoms with Crippen molar-refractivity contribution in [1.82, 2.24) is 0 Å². The first-order chi connectivity index (χ1) is 8.66. The third-order valence-electron chi connectivity index (χ3n) is 3.38. The number of carbonyl (C=O) groups excluding carboxylic acids is 1. The van der Waals surface area contributed by atoms with Crippen molar-refractivity contribution >= 4 is 22.4 Å². The molecular formula is C14H14N2O2. The predicted octanol–water partition coefficient (Wildman–Crippen LogP) is 1.61. The van der Waals surface area contributed by atoms with E-state index in [9.17, 15) is 9.90 Å². The number of phenols is 1. The number of nitrogens with zero attached hydrogens (tertiary/aromatic N) is 1. The van der Waals surface area contributed by atoms with Gasteiger partial charge in [-0.15, -0.1) is 0 Å². The molecule has 0 radical (unpaired) electrons.